The minimum atomic E-state index is -0.783. The molecule has 0 spiro atoms. The number of hydrogen-bond acceptors (Lipinski definition) is 5. The normalized spacial score (nSPS) is 17.7. The van der Waals surface area contributed by atoms with Crippen LogP contribution in [-0.2, 0) is 16.0 Å². The molecule has 1 atom stereocenters. The number of aromatic nitrogens is 2. The fraction of sp³-hybridized carbons (Fsp3) is 0.464. The molecule has 2 aliphatic rings. The van der Waals surface area contributed by atoms with Crippen molar-refractivity contribution in [3.8, 4) is 11.5 Å². The van der Waals surface area contributed by atoms with Crippen molar-refractivity contribution in [3.63, 3.8) is 0 Å². The molecule has 2 fully saturated rings. The van der Waals surface area contributed by atoms with E-state index < -0.39 is 11.9 Å². The zero-order valence-corrected chi connectivity index (χ0v) is 21.2. The van der Waals surface area contributed by atoms with Crippen LogP contribution in [0, 0.1) is 18.7 Å². The quantitative estimate of drug-likeness (QED) is 0.526. The fourth-order valence-electron chi connectivity index (χ4n) is 5.47. The summed E-state index contributed by atoms with van der Waals surface area (Å²) in [5.74, 6) is 0.279. The Labute approximate surface area is 216 Å². The first-order chi connectivity index (χ1) is 17.9. The maximum Gasteiger partial charge on any atom is 0.239 e. The van der Waals surface area contributed by atoms with Gasteiger partial charge in [-0.2, -0.15) is 0 Å². The monoisotopic (exact) mass is 507 g/mol. The molecule has 5 rings (SSSR count). The number of aryl methyl sites for hydroxylation is 1. The molecular formula is C28H34FN5O3. The van der Waals surface area contributed by atoms with E-state index in [-0.39, 0.29) is 29.9 Å². The van der Waals surface area contributed by atoms with E-state index in [1.165, 1.54) is 12.5 Å². The average Bonchev–Trinajstić information content (AvgIpc) is 3.31. The first-order valence-corrected chi connectivity index (χ1v) is 13.1. The minimum absolute atomic E-state index is 0.0931. The number of piperazine rings is 1. The maximum atomic E-state index is 14.9. The molecule has 8 nitrogen and oxygen atoms in total. The highest BCUT2D eigenvalue weighted by molar-refractivity contribution is 5.86. The number of nitrogens with two attached hydrogens (primary N) is 1. The summed E-state index contributed by atoms with van der Waals surface area (Å²) in [4.78, 5) is 36.7. The van der Waals surface area contributed by atoms with E-state index >= 15 is 0 Å². The first-order valence-electron chi connectivity index (χ1n) is 13.1. The number of pyridine rings is 1. The smallest absolute Gasteiger partial charge is 0.239 e. The predicted octanol–water partition coefficient (Wildman–Crippen LogP) is 3.92. The van der Waals surface area contributed by atoms with Gasteiger partial charge in [0.15, 0.2) is 11.6 Å². The van der Waals surface area contributed by atoms with E-state index in [4.69, 9.17) is 10.5 Å². The number of amides is 2. The lowest BCUT2D eigenvalue weighted by atomic mass is 9.88. The molecule has 3 heterocycles. The van der Waals surface area contributed by atoms with Crippen LogP contribution in [0.5, 0.6) is 11.5 Å². The summed E-state index contributed by atoms with van der Waals surface area (Å²) in [6, 6.07) is 5.58. The summed E-state index contributed by atoms with van der Waals surface area (Å²) in [6.07, 6.45) is 9.06. The molecule has 9 heteroatoms. The van der Waals surface area contributed by atoms with Gasteiger partial charge < -0.3 is 25.3 Å². The SMILES string of the molecule is Cc1c[nH]c2nccc(Oc3ccc(CC(N)C(=O)N4CCN(C(=O)C5CCCCC5)CC4)cc3F)c12. The predicted molar refractivity (Wildman–Crippen MR) is 139 cm³/mol. The molecule has 2 amide bonds. The van der Waals surface area contributed by atoms with Crippen LogP contribution in [-0.4, -0.2) is 63.8 Å². The average molecular weight is 508 g/mol. The third-order valence-electron chi connectivity index (χ3n) is 7.58. The van der Waals surface area contributed by atoms with Crippen molar-refractivity contribution in [2.24, 2.45) is 11.7 Å². The molecular weight excluding hydrogens is 473 g/mol. The molecule has 3 N–H and O–H groups in total. The van der Waals surface area contributed by atoms with Crippen molar-refractivity contribution in [1.29, 1.82) is 0 Å². The molecule has 3 aromatic rings. The van der Waals surface area contributed by atoms with Crippen molar-refractivity contribution < 1.29 is 18.7 Å². The van der Waals surface area contributed by atoms with E-state index in [0.29, 0.717) is 43.1 Å². The second kappa shape index (κ2) is 10.9. The number of carbonyl (C=O) groups excluding carboxylic acids is 2. The number of benzene rings is 1. The molecule has 1 aliphatic carbocycles. The van der Waals surface area contributed by atoms with Gasteiger partial charge in [-0.25, -0.2) is 9.37 Å². The standard InChI is InChI=1S/C28H34FN5O3/c1-18-17-32-26-25(18)24(9-10-31-26)37-23-8-7-19(15-21(23)29)16-22(30)28(36)34-13-11-33(12-14-34)27(35)20-5-3-2-4-6-20/h7-10,15,17,20,22H,2-6,11-14,16,30H2,1H3,(H,31,32). The second-order valence-corrected chi connectivity index (χ2v) is 10.2. The van der Waals surface area contributed by atoms with Gasteiger partial charge in [-0.05, 0) is 55.5 Å². The van der Waals surface area contributed by atoms with Gasteiger partial charge in [-0.3, -0.25) is 9.59 Å². The summed E-state index contributed by atoms with van der Waals surface area (Å²) >= 11 is 0. The lowest BCUT2D eigenvalue weighted by molar-refractivity contribution is -0.143. The fourth-order valence-corrected chi connectivity index (χ4v) is 5.47. The Hall–Kier alpha value is -3.46. The lowest BCUT2D eigenvalue weighted by Gasteiger charge is -2.38. The van der Waals surface area contributed by atoms with Gasteiger partial charge in [-0.1, -0.05) is 25.3 Å². The number of halogens is 1. The first kappa shape index (κ1) is 25.2. The highest BCUT2D eigenvalue weighted by Crippen LogP contribution is 2.32. The van der Waals surface area contributed by atoms with Crippen LogP contribution in [0.15, 0.2) is 36.7 Å². The van der Waals surface area contributed by atoms with Crippen LogP contribution in [0.3, 0.4) is 0 Å². The maximum absolute atomic E-state index is 14.9. The Morgan fingerprint density at radius 1 is 1.11 bits per heavy atom. The number of carbonyl (C=O) groups is 2. The van der Waals surface area contributed by atoms with E-state index in [9.17, 15) is 14.0 Å². The van der Waals surface area contributed by atoms with Crippen molar-refractivity contribution in [2.45, 2.75) is 51.5 Å². The Morgan fingerprint density at radius 2 is 1.84 bits per heavy atom. The summed E-state index contributed by atoms with van der Waals surface area (Å²) in [6.45, 7) is 3.96. The van der Waals surface area contributed by atoms with Gasteiger partial charge in [0.2, 0.25) is 11.8 Å². The number of rotatable bonds is 6. The van der Waals surface area contributed by atoms with Gasteiger partial charge in [0.1, 0.15) is 11.4 Å². The molecule has 196 valence electrons. The molecule has 1 saturated heterocycles. The zero-order valence-electron chi connectivity index (χ0n) is 21.2. The van der Waals surface area contributed by atoms with E-state index in [0.717, 1.165) is 36.6 Å². The molecule has 0 bridgehead atoms. The highest BCUT2D eigenvalue weighted by Gasteiger charge is 2.31. The molecule has 1 unspecified atom stereocenters. The molecule has 1 saturated carbocycles. The summed E-state index contributed by atoms with van der Waals surface area (Å²) in [7, 11) is 0. The Balaban J connectivity index is 1.16. The minimum Gasteiger partial charge on any atom is -0.453 e. The largest absolute Gasteiger partial charge is 0.453 e. The van der Waals surface area contributed by atoms with Gasteiger partial charge >= 0.3 is 0 Å². The molecule has 1 aliphatic heterocycles. The number of H-pyrrole nitrogens is 1. The van der Waals surface area contributed by atoms with Crippen LogP contribution < -0.4 is 10.5 Å². The van der Waals surface area contributed by atoms with Gasteiger partial charge in [0, 0.05) is 44.5 Å². The third kappa shape index (κ3) is 5.46. The van der Waals surface area contributed by atoms with Crippen LogP contribution in [0.25, 0.3) is 11.0 Å². The van der Waals surface area contributed by atoms with Crippen LogP contribution >= 0.6 is 0 Å². The summed E-state index contributed by atoms with van der Waals surface area (Å²) in [5, 5.41) is 0.805. The molecule has 2 aromatic heterocycles. The Bertz CT molecular complexity index is 1280. The van der Waals surface area contributed by atoms with Crippen molar-refractivity contribution in [1.82, 2.24) is 19.8 Å². The van der Waals surface area contributed by atoms with Gasteiger partial charge in [0.05, 0.1) is 11.4 Å². The van der Waals surface area contributed by atoms with Crippen molar-refractivity contribution >= 4 is 22.8 Å². The lowest BCUT2D eigenvalue weighted by Crippen LogP contribution is -2.55. The van der Waals surface area contributed by atoms with E-state index in [1.54, 1.807) is 29.3 Å². The molecule has 37 heavy (non-hydrogen) atoms. The Morgan fingerprint density at radius 3 is 2.57 bits per heavy atom. The Kier molecular flexibility index (Phi) is 7.41. The second-order valence-electron chi connectivity index (χ2n) is 10.2. The van der Waals surface area contributed by atoms with Crippen LogP contribution in [0.2, 0.25) is 0 Å². The number of nitrogens with zero attached hydrogens (tertiary/aromatic N) is 3. The van der Waals surface area contributed by atoms with E-state index in [1.807, 2.05) is 18.0 Å². The van der Waals surface area contributed by atoms with Gasteiger partial charge in [-0.15, -0.1) is 0 Å². The summed E-state index contributed by atoms with van der Waals surface area (Å²) in [5.41, 5.74) is 8.49. The number of aromatic amines is 1. The highest BCUT2D eigenvalue weighted by atomic mass is 19.1. The van der Waals surface area contributed by atoms with Crippen molar-refractivity contribution in [2.75, 3.05) is 26.2 Å². The van der Waals surface area contributed by atoms with Crippen LogP contribution in [0.4, 0.5) is 4.39 Å². The number of hydrogen-bond donors (Lipinski definition) is 2. The molecule has 0 radical (unpaired) electrons. The van der Waals surface area contributed by atoms with Crippen LogP contribution in [0.1, 0.15) is 43.2 Å². The van der Waals surface area contributed by atoms with Gasteiger partial charge in [0.25, 0.3) is 0 Å². The summed E-state index contributed by atoms with van der Waals surface area (Å²) < 4.78 is 20.8. The number of ether oxygens (including phenoxy) is 1. The zero-order chi connectivity index (χ0) is 25.9. The van der Waals surface area contributed by atoms with Crippen molar-refractivity contribution in [3.05, 3.63) is 53.6 Å². The number of fused-ring (bicyclic) bond motifs is 1. The topological polar surface area (TPSA) is 105 Å². The number of nitrogens with one attached hydrogen (secondary N) is 1. The molecule has 1 aromatic carbocycles. The third-order valence-corrected chi connectivity index (χ3v) is 7.58. The van der Waals surface area contributed by atoms with E-state index in [2.05, 4.69) is 9.97 Å².